The van der Waals surface area contributed by atoms with Crippen LogP contribution in [-0.2, 0) is 0 Å². The summed E-state index contributed by atoms with van der Waals surface area (Å²) in [5.74, 6) is 1.18. The SMILES string of the molecule is COc1ccc(N=Cc2ccc3c(c2)[C@@H](C)CC(C)(C)N3C(C)C)cc1Cl. The van der Waals surface area contributed by atoms with Gasteiger partial charge in [-0.3, -0.25) is 4.99 Å². The Hall–Kier alpha value is -2.00. The summed E-state index contributed by atoms with van der Waals surface area (Å²) in [5.41, 5.74) is 4.83. The van der Waals surface area contributed by atoms with Crippen LogP contribution in [0.4, 0.5) is 11.4 Å². The molecule has 0 N–H and O–H groups in total. The first-order valence-corrected chi connectivity index (χ1v) is 9.91. The van der Waals surface area contributed by atoms with Crippen molar-refractivity contribution in [3.63, 3.8) is 0 Å². The lowest BCUT2D eigenvalue weighted by atomic mass is 9.79. The van der Waals surface area contributed by atoms with Crippen molar-refractivity contribution < 1.29 is 4.74 Å². The second-order valence-electron chi connectivity index (χ2n) is 8.28. The van der Waals surface area contributed by atoms with Gasteiger partial charge in [0.1, 0.15) is 5.75 Å². The molecule has 4 heteroatoms. The van der Waals surface area contributed by atoms with E-state index in [1.807, 2.05) is 24.4 Å². The predicted octanol–water partition coefficient (Wildman–Crippen LogP) is 6.60. The molecule has 0 saturated carbocycles. The smallest absolute Gasteiger partial charge is 0.137 e. The fourth-order valence-corrected chi connectivity index (χ4v) is 4.66. The van der Waals surface area contributed by atoms with Gasteiger partial charge < -0.3 is 9.64 Å². The topological polar surface area (TPSA) is 24.8 Å². The number of hydrogen-bond acceptors (Lipinski definition) is 3. The van der Waals surface area contributed by atoms with E-state index in [2.05, 4.69) is 62.7 Å². The number of methoxy groups -OCH3 is 1. The molecule has 2 aromatic rings. The average Bonchev–Trinajstić information content (AvgIpc) is 2.59. The Kier molecular flexibility index (Phi) is 5.53. The van der Waals surface area contributed by atoms with E-state index in [4.69, 9.17) is 16.3 Å². The molecule has 1 aliphatic heterocycles. The lowest BCUT2D eigenvalue weighted by molar-refractivity contribution is 0.356. The fraction of sp³-hybridized carbons (Fsp3) is 0.435. The van der Waals surface area contributed by atoms with Crippen molar-refractivity contribution in [3.05, 3.63) is 52.5 Å². The number of benzene rings is 2. The molecule has 0 fully saturated rings. The van der Waals surface area contributed by atoms with Gasteiger partial charge in [0, 0.05) is 23.5 Å². The summed E-state index contributed by atoms with van der Waals surface area (Å²) < 4.78 is 5.19. The van der Waals surface area contributed by atoms with Gasteiger partial charge >= 0.3 is 0 Å². The molecule has 27 heavy (non-hydrogen) atoms. The zero-order valence-corrected chi connectivity index (χ0v) is 17.8. The third-order valence-corrected chi connectivity index (χ3v) is 5.61. The molecular weight excluding hydrogens is 356 g/mol. The molecule has 0 saturated heterocycles. The molecule has 0 radical (unpaired) electrons. The normalized spacial score (nSPS) is 18.8. The monoisotopic (exact) mass is 384 g/mol. The van der Waals surface area contributed by atoms with Crippen LogP contribution in [0.25, 0.3) is 0 Å². The molecule has 144 valence electrons. The van der Waals surface area contributed by atoms with Crippen LogP contribution in [0, 0.1) is 0 Å². The summed E-state index contributed by atoms with van der Waals surface area (Å²) in [6.45, 7) is 11.5. The van der Waals surface area contributed by atoms with E-state index in [0.717, 1.165) is 17.7 Å². The number of anilines is 1. The van der Waals surface area contributed by atoms with Crippen LogP contribution in [0.2, 0.25) is 5.02 Å². The highest BCUT2D eigenvalue weighted by molar-refractivity contribution is 6.32. The predicted molar refractivity (Wildman–Crippen MR) is 116 cm³/mol. The third kappa shape index (κ3) is 3.98. The standard InChI is InChI=1S/C23H29ClN2O/c1-15(2)26-21-9-7-17(11-19(21)16(3)13-23(26,4)5)14-25-18-8-10-22(27-6)20(24)12-18/h7-12,14-16H,13H2,1-6H3/t16-/m0/s1. The number of halogens is 1. The van der Waals surface area contributed by atoms with Crippen LogP contribution >= 0.6 is 11.6 Å². The van der Waals surface area contributed by atoms with Gasteiger partial charge in [0.2, 0.25) is 0 Å². The maximum Gasteiger partial charge on any atom is 0.137 e. The van der Waals surface area contributed by atoms with E-state index < -0.39 is 0 Å². The Morgan fingerprint density at radius 3 is 2.59 bits per heavy atom. The number of hydrogen-bond donors (Lipinski definition) is 0. The maximum absolute atomic E-state index is 6.19. The van der Waals surface area contributed by atoms with Crippen molar-refractivity contribution >= 4 is 29.2 Å². The van der Waals surface area contributed by atoms with E-state index >= 15 is 0 Å². The van der Waals surface area contributed by atoms with Crippen LogP contribution in [0.1, 0.15) is 58.1 Å². The zero-order chi connectivity index (χ0) is 19.8. The molecule has 0 aromatic heterocycles. The molecular formula is C23H29ClN2O. The van der Waals surface area contributed by atoms with Crippen LogP contribution in [-0.4, -0.2) is 24.9 Å². The lowest BCUT2D eigenvalue weighted by Crippen LogP contribution is -2.51. The van der Waals surface area contributed by atoms with Crippen molar-refractivity contribution in [2.24, 2.45) is 4.99 Å². The molecule has 3 rings (SSSR count). The van der Waals surface area contributed by atoms with Gasteiger partial charge in [0.15, 0.2) is 0 Å². The molecule has 0 spiro atoms. The summed E-state index contributed by atoms with van der Waals surface area (Å²) in [4.78, 5) is 7.14. The minimum absolute atomic E-state index is 0.163. The highest BCUT2D eigenvalue weighted by Gasteiger charge is 2.37. The fourth-order valence-electron chi connectivity index (χ4n) is 4.41. The van der Waals surface area contributed by atoms with Gasteiger partial charge in [0.05, 0.1) is 17.8 Å². The zero-order valence-electron chi connectivity index (χ0n) is 17.1. The van der Waals surface area contributed by atoms with Crippen LogP contribution in [0.5, 0.6) is 5.75 Å². The van der Waals surface area contributed by atoms with E-state index in [1.165, 1.54) is 11.3 Å². The second kappa shape index (κ2) is 7.55. The minimum atomic E-state index is 0.163. The largest absolute Gasteiger partial charge is 0.495 e. The summed E-state index contributed by atoms with van der Waals surface area (Å²) in [6, 6.07) is 12.7. The summed E-state index contributed by atoms with van der Waals surface area (Å²) in [7, 11) is 1.61. The molecule has 0 amide bonds. The molecule has 2 aromatic carbocycles. The van der Waals surface area contributed by atoms with Crippen molar-refractivity contribution in [1.29, 1.82) is 0 Å². The number of fused-ring (bicyclic) bond motifs is 1. The van der Waals surface area contributed by atoms with Gasteiger partial charge in [0.25, 0.3) is 0 Å². The number of rotatable bonds is 4. The minimum Gasteiger partial charge on any atom is -0.495 e. The number of nitrogens with zero attached hydrogens (tertiary/aromatic N) is 2. The van der Waals surface area contributed by atoms with E-state index in [9.17, 15) is 0 Å². The van der Waals surface area contributed by atoms with E-state index in [0.29, 0.717) is 22.7 Å². The van der Waals surface area contributed by atoms with Gasteiger partial charge in [-0.2, -0.15) is 0 Å². The number of aliphatic imine (C=N–C) groups is 1. The summed E-state index contributed by atoms with van der Waals surface area (Å²) >= 11 is 6.19. The molecule has 0 unspecified atom stereocenters. The van der Waals surface area contributed by atoms with Crippen LogP contribution in [0.15, 0.2) is 41.4 Å². The maximum atomic E-state index is 6.19. The quantitative estimate of drug-likeness (QED) is 0.554. The molecule has 1 heterocycles. The lowest BCUT2D eigenvalue weighted by Gasteiger charge is -2.50. The molecule has 3 nitrogen and oxygen atoms in total. The van der Waals surface area contributed by atoms with Crippen LogP contribution < -0.4 is 9.64 Å². The molecule has 0 aliphatic carbocycles. The van der Waals surface area contributed by atoms with Gasteiger partial charge in [-0.1, -0.05) is 24.6 Å². The Bertz CT molecular complexity index is 857. The highest BCUT2D eigenvalue weighted by Crippen LogP contribution is 2.44. The van der Waals surface area contributed by atoms with Crippen molar-refractivity contribution in [1.82, 2.24) is 0 Å². The summed E-state index contributed by atoms with van der Waals surface area (Å²) in [5, 5.41) is 0.570. The average molecular weight is 385 g/mol. The van der Waals surface area contributed by atoms with Gasteiger partial charge in [-0.15, -0.1) is 0 Å². The first kappa shape index (κ1) is 19.8. The Balaban J connectivity index is 1.92. The van der Waals surface area contributed by atoms with Crippen molar-refractivity contribution in [2.45, 2.75) is 58.5 Å². The third-order valence-electron chi connectivity index (χ3n) is 5.31. The first-order chi connectivity index (χ1) is 12.7. The summed E-state index contributed by atoms with van der Waals surface area (Å²) in [6.07, 6.45) is 3.05. The van der Waals surface area contributed by atoms with E-state index in [-0.39, 0.29) is 5.54 Å². The highest BCUT2D eigenvalue weighted by atomic mass is 35.5. The van der Waals surface area contributed by atoms with E-state index in [1.54, 1.807) is 7.11 Å². The molecule has 1 atom stereocenters. The Labute approximate surface area is 168 Å². The van der Waals surface area contributed by atoms with Gasteiger partial charge in [-0.25, -0.2) is 0 Å². The second-order valence-corrected chi connectivity index (χ2v) is 8.68. The molecule has 1 aliphatic rings. The van der Waals surface area contributed by atoms with Crippen molar-refractivity contribution in [2.75, 3.05) is 12.0 Å². The van der Waals surface area contributed by atoms with Gasteiger partial charge in [-0.05, 0) is 81.5 Å². The first-order valence-electron chi connectivity index (χ1n) is 9.54. The van der Waals surface area contributed by atoms with Crippen LogP contribution in [0.3, 0.4) is 0 Å². The Morgan fingerprint density at radius 2 is 1.96 bits per heavy atom. The Morgan fingerprint density at radius 1 is 1.22 bits per heavy atom. The number of ether oxygens (including phenoxy) is 1. The van der Waals surface area contributed by atoms with Crippen molar-refractivity contribution in [3.8, 4) is 5.75 Å². The molecule has 0 bridgehead atoms.